The van der Waals surface area contributed by atoms with E-state index >= 15 is 0 Å². The Kier molecular flexibility index (Phi) is 4.87. The van der Waals surface area contributed by atoms with Crippen LogP contribution in [0.2, 0.25) is 0 Å². The molecule has 2 rings (SSSR count). The molecule has 1 aromatic carbocycles. The van der Waals surface area contributed by atoms with Crippen LogP contribution in [0.25, 0.3) is 0 Å². The second-order valence-corrected chi connectivity index (χ2v) is 4.98. The van der Waals surface area contributed by atoms with Crippen LogP contribution < -0.4 is 0 Å². The molecule has 0 aromatic heterocycles. The summed E-state index contributed by atoms with van der Waals surface area (Å²) in [5.74, 6) is -1.27. The lowest BCUT2D eigenvalue weighted by Crippen LogP contribution is -2.44. The zero-order valence-corrected chi connectivity index (χ0v) is 11.8. The normalized spacial score (nSPS) is 19.4. The zero-order valence-electron chi connectivity index (χ0n) is 11.8. The number of nitrogens with zero attached hydrogens (tertiary/aromatic N) is 2. The van der Waals surface area contributed by atoms with Gasteiger partial charge in [-0.1, -0.05) is 19.1 Å². The topological polar surface area (TPSA) is 92.9 Å². The van der Waals surface area contributed by atoms with Gasteiger partial charge in [0.25, 0.3) is 5.69 Å². The van der Waals surface area contributed by atoms with E-state index in [2.05, 4.69) is 4.90 Å². The molecule has 1 aromatic rings. The fraction of sp³-hybridized carbons (Fsp3) is 0.500. The van der Waals surface area contributed by atoms with E-state index in [9.17, 15) is 20.0 Å². The average Bonchev–Trinajstić information content (AvgIpc) is 2.47. The van der Waals surface area contributed by atoms with Gasteiger partial charge < -0.3 is 9.84 Å². The SMILES string of the molecule is CCC1COCCN1Cc1cccc([N+](=O)[O-])c1C(=O)O. The summed E-state index contributed by atoms with van der Waals surface area (Å²) in [6, 6.07) is 4.60. The van der Waals surface area contributed by atoms with Gasteiger partial charge in [-0.05, 0) is 12.0 Å². The monoisotopic (exact) mass is 294 g/mol. The number of benzene rings is 1. The minimum atomic E-state index is -1.27. The molecule has 1 aliphatic heterocycles. The number of nitro groups is 1. The van der Waals surface area contributed by atoms with Gasteiger partial charge in [0.05, 0.1) is 18.1 Å². The number of hydrogen-bond donors (Lipinski definition) is 1. The Morgan fingerprint density at radius 2 is 2.33 bits per heavy atom. The van der Waals surface area contributed by atoms with Crippen LogP contribution in [-0.2, 0) is 11.3 Å². The van der Waals surface area contributed by atoms with Crippen LogP contribution in [0, 0.1) is 10.1 Å². The highest BCUT2D eigenvalue weighted by atomic mass is 16.6. The van der Waals surface area contributed by atoms with Crippen LogP contribution in [0.3, 0.4) is 0 Å². The third-order valence-electron chi connectivity index (χ3n) is 3.73. The predicted octanol–water partition coefficient (Wildman–Crippen LogP) is 1.90. The molecule has 1 saturated heterocycles. The molecule has 21 heavy (non-hydrogen) atoms. The molecule has 0 amide bonds. The van der Waals surface area contributed by atoms with Crippen LogP contribution in [0.15, 0.2) is 18.2 Å². The molecule has 0 saturated carbocycles. The van der Waals surface area contributed by atoms with E-state index in [4.69, 9.17) is 4.74 Å². The number of ether oxygens (including phenoxy) is 1. The maximum atomic E-state index is 11.4. The predicted molar refractivity (Wildman–Crippen MR) is 75.4 cm³/mol. The summed E-state index contributed by atoms with van der Waals surface area (Å²) in [5, 5.41) is 20.3. The molecule has 1 unspecified atom stereocenters. The van der Waals surface area contributed by atoms with Gasteiger partial charge in [0.1, 0.15) is 5.56 Å². The summed E-state index contributed by atoms with van der Waals surface area (Å²) in [5.41, 5.74) is -0.109. The summed E-state index contributed by atoms with van der Waals surface area (Å²) >= 11 is 0. The number of carbonyl (C=O) groups is 1. The molecular weight excluding hydrogens is 276 g/mol. The molecule has 0 spiro atoms. The second kappa shape index (κ2) is 6.64. The van der Waals surface area contributed by atoms with Gasteiger partial charge in [0.15, 0.2) is 0 Å². The molecule has 1 heterocycles. The number of hydrogen-bond acceptors (Lipinski definition) is 5. The van der Waals surface area contributed by atoms with E-state index in [0.29, 0.717) is 31.9 Å². The van der Waals surface area contributed by atoms with Crippen molar-refractivity contribution in [2.45, 2.75) is 25.9 Å². The molecule has 114 valence electrons. The number of nitro benzene ring substituents is 1. The highest BCUT2D eigenvalue weighted by Gasteiger charge is 2.27. The van der Waals surface area contributed by atoms with Crippen molar-refractivity contribution in [2.24, 2.45) is 0 Å². The Morgan fingerprint density at radius 3 is 2.95 bits per heavy atom. The van der Waals surface area contributed by atoms with Crippen LogP contribution in [0.1, 0.15) is 29.3 Å². The lowest BCUT2D eigenvalue weighted by molar-refractivity contribution is -0.385. The highest BCUT2D eigenvalue weighted by molar-refractivity contribution is 5.94. The van der Waals surface area contributed by atoms with Gasteiger partial charge in [-0.2, -0.15) is 0 Å². The van der Waals surface area contributed by atoms with E-state index in [-0.39, 0.29) is 17.3 Å². The minimum absolute atomic E-state index is 0.208. The maximum Gasteiger partial charge on any atom is 0.343 e. The van der Waals surface area contributed by atoms with E-state index in [1.165, 1.54) is 12.1 Å². The van der Waals surface area contributed by atoms with E-state index in [1.54, 1.807) is 6.07 Å². The zero-order chi connectivity index (χ0) is 15.4. The number of carboxylic acid groups (broad SMARTS) is 1. The third-order valence-corrected chi connectivity index (χ3v) is 3.73. The second-order valence-electron chi connectivity index (χ2n) is 4.98. The summed E-state index contributed by atoms with van der Waals surface area (Å²) in [6.07, 6.45) is 0.886. The molecule has 1 N–H and O–H groups in total. The first-order valence-electron chi connectivity index (χ1n) is 6.86. The third kappa shape index (κ3) is 3.37. The first-order chi connectivity index (χ1) is 10.0. The average molecular weight is 294 g/mol. The van der Waals surface area contributed by atoms with Crippen molar-refractivity contribution in [1.82, 2.24) is 4.90 Å². The highest BCUT2D eigenvalue weighted by Crippen LogP contribution is 2.25. The minimum Gasteiger partial charge on any atom is -0.477 e. The number of morpholine rings is 1. The molecule has 1 fully saturated rings. The lowest BCUT2D eigenvalue weighted by Gasteiger charge is -2.35. The lowest BCUT2D eigenvalue weighted by atomic mass is 10.0. The Morgan fingerprint density at radius 1 is 1.57 bits per heavy atom. The Balaban J connectivity index is 2.32. The van der Waals surface area contributed by atoms with Gasteiger partial charge in [0.2, 0.25) is 0 Å². The van der Waals surface area contributed by atoms with Gasteiger partial charge in [-0.3, -0.25) is 15.0 Å². The van der Waals surface area contributed by atoms with E-state index in [0.717, 1.165) is 6.42 Å². The number of rotatable bonds is 5. The van der Waals surface area contributed by atoms with Crippen molar-refractivity contribution in [2.75, 3.05) is 19.8 Å². The van der Waals surface area contributed by atoms with Crippen molar-refractivity contribution in [3.8, 4) is 0 Å². The standard InChI is InChI=1S/C14H18N2O5/c1-2-11-9-21-7-6-15(11)8-10-4-3-5-12(16(19)20)13(10)14(17)18/h3-5,11H,2,6-9H2,1H3,(H,17,18). The van der Waals surface area contributed by atoms with Crippen molar-refractivity contribution in [3.63, 3.8) is 0 Å². The Bertz CT molecular complexity index is 546. The fourth-order valence-corrected chi connectivity index (χ4v) is 2.61. The smallest absolute Gasteiger partial charge is 0.343 e. The van der Waals surface area contributed by atoms with Crippen molar-refractivity contribution < 1.29 is 19.6 Å². The molecule has 1 aliphatic rings. The Hall–Kier alpha value is -1.99. The van der Waals surface area contributed by atoms with Crippen molar-refractivity contribution in [1.29, 1.82) is 0 Å². The molecule has 7 nitrogen and oxygen atoms in total. The molecule has 0 aliphatic carbocycles. The summed E-state index contributed by atoms with van der Waals surface area (Å²) < 4.78 is 5.41. The van der Waals surface area contributed by atoms with Crippen LogP contribution in [0.5, 0.6) is 0 Å². The molecule has 0 bridgehead atoms. The first-order valence-corrected chi connectivity index (χ1v) is 6.86. The van der Waals surface area contributed by atoms with Gasteiger partial charge in [0, 0.05) is 25.2 Å². The summed E-state index contributed by atoms with van der Waals surface area (Å²) in [7, 11) is 0. The maximum absolute atomic E-state index is 11.4. The van der Waals surface area contributed by atoms with Crippen LogP contribution in [0.4, 0.5) is 5.69 Å². The van der Waals surface area contributed by atoms with Crippen molar-refractivity contribution >= 4 is 11.7 Å². The van der Waals surface area contributed by atoms with Crippen LogP contribution >= 0.6 is 0 Å². The number of carboxylic acids is 1. The van der Waals surface area contributed by atoms with Crippen LogP contribution in [-0.4, -0.2) is 46.7 Å². The van der Waals surface area contributed by atoms with Gasteiger partial charge in [-0.15, -0.1) is 0 Å². The van der Waals surface area contributed by atoms with Gasteiger partial charge in [-0.25, -0.2) is 4.79 Å². The van der Waals surface area contributed by atoms with E-state index in [1.807, 2.05) is 6.92 Å². The summed E-state index contributed by atoms with van der Waals surface area (Å²) in [4.78, 5) is 23.9. The quantitative estimate of drug-likeness (QED) is 0.658. The number of aromatic carboxylic acids is 1. The summed E-state index contributed by atoms with van der Waals surface area (Å²) in [6.45, 7) is 4.31. The van der Waals surface area contributed by atoms with E-state index < -0.39 is 10.9 Å². The van der Waals surface area contributed by atoms with Crippen molar-refractivity contribution in [3.05, 3.63) is 39.4 Å². The molecule has 1 atom stereocenters. The molecule has 0 radical (unpaired) electrons. The van der Waals surface area contributed by atoms with Gasteiger partial charge >= 0.3 is 5.97 Å². The largest absolute Gasteiger partial charge is 0.477 e. The molecular formula is C14H18N2O5. The molecule has 7 heteroatoms. The first kappa shape index (κ1) is 15.4. The fourth-order valence-electron chi connectivity index (χ4n) is 2.61. The Labute approximate surface area is 122 Å².